The van der Waals surface area contributed by atoms with Crippen LogP contribution < -0.4 is 10.2 Å². The maximum atomic E-state index is 6.39. The topological polar surface area (TPSA) is 41.3 Å². The molecule has 0 aliphatic carbocycles. The summed E-state index contributed by atoms with van der Waals surface area (Å²) in [6, 6.07) is 23.5. The molecule has 0 unspecified atom stereocenters. The van der Waals surface area contributed by atoms with Gasteiger partial charge < -0.3 is 14.6 Å². The van der Waals surface area contributed by atoms with Crippen molar-refractivity contribution in [1.82, 2.24) is 10.3 Å². The minimum Gasteiger partial charge on any atom is -0.459 e. The van der Waals surface area contributed by atoms with E-state index in [1.807, 2.05) is 79.7 Å². The molecule has 1 N–H and O–H groups in total. The first kappa shape index (κ1) is 21.2. The number of hydrogen-bond acceptors (Lipinski definition) is 3. The van der Waals surface area contributed by atoms with Crippen LogP contribution in [0.3, 0.4) is 0 Å². The quantitative estimate of drug-likeness (QED) is 0.285. The van der Waals surface area contributed by atoms with Crippen molar-refractivity contribution in [2.24, 2.45) is 0 Å². The van der Waals surface area contributed by atoms with E-state index < -0.39 is 0 Å². The standard InChI is InChI=1S/C25H19BrClN3OS/c1-15-5-6-16(14-19(15)27)21-11-12-22(31-21)24-23(20-4-2-3-13-28-20)29-25(32)30(24)18-9-7-17(26)8-10-18/h2-14,23-24H,1H3,(H,29,32)/t23-,24+/m0/s1. The molecule has 1 fully saturated rings. The average molecular weight is 525 g/mol. The second-order valence-electron chi connectivity index (χ2n) is 7.64. The molecule has 160 valence electrons. The molecule has 2 aromatic carbocycles. The molecule has 4 nitrogen and oxygen atoms in total. The third-order valence-corrected chi connectivity index (χ3v) is 6.83. The van der Waals surface area contributed by atoms with Crippen molar-refractivity contribution < 1.29 is 4.42 Å². The molecule has 0 bridgehead atoms. The summed E-state index contributed by atoms with van der Waals surface area (Å²) in [5.41, 5.74) is 3.84. The Labute approximate surface area is 205 Å². The van der Waals surface area contributed by atoms with Gasteiger partial charge in [0.15, 0.2) is 5.11 Å². The van der Waals surface area contributed by atoms with E-state index in [9.17, 15) is 0 Å². The molecular formula is C25H19BrClN3OS. The summed E-state index contributed by atoms with van der Waals surface area (Å²) in [7, 11) is 0. The first-order chi connectivity index (χ1) is 15.5. The highest BCUT2D eigenvalue weighted by Crippen LogP contribution is 2.43. The fourth-order valence-corrected chi connectivity index (χ4v) is 4.73. The Morgan fingerprint density at radius 1 is 1.06 bits per heavy atom. The molecule has 4 aromatic rings. The predicted molar refractivity (Wildman–Crippen MR) is 136 cm³/mol. The van der Waals surface area contributed by atoms with Crippen LogP contribution in [0.2, 0.25) is 5.02 Å². The summed E-state index contributed by atoms with van der Waals surface area (Å²) in [5, 5.41) is 4.79. The Balaban J connectivity index is 1.59. The van der Waals surface area contributed by atoms with Crippen LogP contribution in [-0.2, 0) is 0 Å². The number of anilines is 1. The van der Waals surface area contributed by atoms with Crippen LogP contribution in [0.1, 0.15) is 29.1 Å². The summed E-state index contributed by atoms with van der Waals surface area (Å²) in [6.45, 7) is 1.98. The van der Waals surface area contributed by atoms with E-state index in [2.05, 4.69) is 31.1 Å². The highest BCUT2D eigenvalue weighted by molar-refractivity contribution is 9.10. The number of rotatable bonds is 4. The lowest BCUT2D eigenvalue weighted by Crippen LogP contribution is -2.29. The summed E-state index contributed by atoms with van der Waals surface area (Å²) >= 11 is 15.6. The first-order valence-corrected chi connectivity index (χ1v) is 11.7. The third kappa shape index (κ3) is 3.94. The Morgan fingerprint density at radius 3 is 2.59 bits per heavy atom. The molecule has 1 aliphatic heterocycles. The number of nitrogens with one attached hydrogen (secondary N) is 1. The SMILES string of the molecule is Cc1ccc(-c2ccc([C@@H]3[C@H](c4ccccn4)NC(=S)N3c3ccc(Br)cc3)o2)cc1Cl. The van der Waals surface area contributed by atoms with Gasteiger partial charge in [0, 0.05) is 26.9 Å². The minimum absolute atomic E-state index is 0.159. The van der Waals surface area contributed by atoms with Crippen LogP contribution in [0.5, 0.6) is 0 Å². The van der Waals surface area contributed by atoms with E-state index in [4.69, 9.17) is 28.2 Å². The molecule has 7 heteroatoms. The number of aryl methyl sites for hydroxylation is 1. The summed E-state index contributed by atoms with van der Waals surface area (Å²) in [4.78, 5) is 6.67. The molecule has 32 heavy (non-hydrogen) atoms. The highest BCUT2D eigenvalue weighted by Gasteiger charge is 2.42. The number of aromatic nitrogens is 1. The van der Waals surface area contributed by atoms with Crippen molar-refractivity contribution in [2.75, 3.05) is 4.90 Å². The Hall–Kier alpha value is -2.67. The molecule has 1 aliphatic rings. The molecule has 5 rings (SSSR count). The molecule has 2 aromatic heterocycles. The van der Waals surface area contributed by atoms with E-state index in [0.29, 0.717) is 10.1 Å². The fraction of sp³-hybridized carbons (Fsp3) is 0.120. The third-order valence-electron chi connectivity index (χ3n) is 5.58. The summed E-state index contributed by atoms with van der Waals surface area (Å²) in [5.74, 6) is 1.55. The summed E-state index contributed by atoms with van der Waals surface area (Å²) in [6.07, 6.45) is 1.79. The molecule has 2 atom stereocenters. The van der Waals surface area contributed by atoms with E-state index in [0.717, 1.165) is 38.5 Å². The van der Waals surface area contributed by atoms with Crippen molar-refractivity contribution >= 4 is 50.5 Å². The summed E-state index contributed by atoms with van der Waals surface area (Å²) < 4.78 is 7.40. The van der Waals surface area contributed by atoms with Crippen molar-refractivity contribution in [2.45, 2.75) is 19.0 Å². The Morgan fingerprint density at radius 2 is 1.88 bits per heavy atom. The molecular weight excluding hydrogens is 506 g/mol. The maximum Gasteiger partial charge on any atom is 0.174 e. The van der Waals surface area contributed by atoms with E-state index in [-0.39, 0.29) is 12.1 Å². The van der Waals surface area contributed by atoms with E-state index in [1.54, 1.807) is 6.20 Å². The molecule has 0 radical (unpaired) electrons. The zero-order valence-corrected chi connectivity index (χ0v) is 20.3. The van der Waals surface area contributed by atoms with Crippen molar-refractivity contribution in [3.63, 3.8) is 0 Å². The zero-order valence-electron chi connectivity index (χ0n) is 17.1. The largest absolute Gasteiger partial charge is 0.459 e. The van der Waals surface area contributed by atoms with E-state index in [1.165, 1.54) is 0 Å². The average Bonchev–Trinajstić information content (AvgIpc) is 3.41. The molecule has 0 amide bonds. The smallest absolute Gasteiger partial charge is 0.174 e. The van der Waals surface area contributed by atoms with Gasteiger partial charge >= 0.3 is 0 Å². The number of benzene rings is 2. The first-order valence-electron chi connectivity index (χ1n) is 10.1. The van der Waals surface area contributed by atoms with Gasteiger partial charge in [-0.15, -0.1) is 0 Å². The van der Waals surface area contributed by atoms with E-state index >= 15 is 0 Å². The molecule has 0 spiro atoms. The van der Waals surface area contributed by atoms with Gasteiger partial charge in [-0.1, -0.05) is 45.7 Å². The maximum absolute atomic E-state index is 6.39. The number of thiocarbonyl (C=S) groups is 1. The number of nitrogens with zero attached hydrogens (tertiary/aromatic N) is 2. The van der Waals surface area contributed by atoms with Gasteiger partial charge in [0.1, 0.15) is 17.6 Å². The van der Waals surface area contributed by atoms with Gasteiger partial charge in [-0.3, -0.25) is 4.98 Å². The van der Waals surface area contributed by atoms with Gasteiger partial charge in [0.25, 0.3) is 0 Å². The van der Waals surface area contributed by atoms with Crippen LogP contribution in [0.15, 0.2) is 87.9 Å². The van der Waals surface area contributed by atoms with Crippen LogP contribution in [-0.4, -0.2) is 10.1 Å². The highest BCUT2D eigenvalue weighted by atomic mass is 79.9. The van der Waals surface area contributed by atoms with Crippen LogP contribution in [0, 0.1) is 6.92 Å². The van der Waals surface area contributed by atoms with Crippen LogP contribution in [0.25, 0.3) is 11.3 Å². The number of halogens is 2. The van der Waals surface area contributed by atoms with Crippen LogP contribution >= 0.6 is 39.7 Å². The predicted octanol–water partition coefficient (Wildman–Crippen LogP) is 7.24. The number of pyridine rings is 1. The number of furan rings is 1. The van der Waals surface area contributed by atoms with Gasteiger partial charge in [0.2, 0.25) is 0 Å². The second-order valence-corrected chi connectivity index (χ2v) is 9.35. The Bertz CT molecular complexity index is 1280. The number of hydrogen-bond donors (Lipinski definition) is 1. The second kappa shape index (κ2) is 8.70. The zero-order chi connectivity index (χ0) is 22.2. The monoisotopic (exact) mass is 523 g/mol. The molecule has 0 saturated carbocycles. The van der Waals surface area contributed by atoms with Gasteiger partial charge in [-0.2, -0.15) is 0 Å². The van der Waals surface area contributed by atoms with Crippen molar-refractivity contribution in [1.29, 1.82) is 0 Å². The van der Waals surface area contributed by atoms with Crippen molar-refractivity contribution in [3.05, 3.63) is 106 Å². The lowest BCUT2D eigenvalue weighted by Gasteiger charge is -2.26. The normalized spacial score (nSPS) is 18.1. The van der Waals surface area contributed by atoms with Crippen LogP contribution in [0.4, 0.5) is 5.69 Å². The lowest BCUT2D eigenvalue weighted by molar-refractivity contribution is 0.439. The van der Waals surface area contributed by atoms with Gasteiger partial charge in [-0.05, 0) is 79.3 Å². The fourth-order valence-electron chi connectivity index (χ4n) is 3.94. The lowest BCUT2D eigenvalue weighted by atomic mass is 10.0. The van der Waals surface area contributed by atoms with Gasteiger partial charge in [-0.25, -0.2) is 0 Å². The van der Waals surface area contributed by atoms with Gasteiger partial charge in [0.05, 0.1) is 11.7 Å². The molecule has 3 heterocycles. The minimum atomic E-state index is -0.201. The molecule has 1 saturated heterocycles. The van der Waals surface area contributed by atoms with Crippen molar-refractivity contribution in [3.8, 4) is 11.3 Å². The Kier molecular flexibility index (Phi) is 5.76.